The zero-order valence-corrected chi connectivity index (χ0v) is 12.2. The summed E-state index contributed by atoms with van der Waals surface area (Å²) < 4.78 is 4.25. The Hall–Kier alpha value is -2.10. The normalized spacial score (nSPS) is 11.6. The number of aryl methyl sites for hydroxylation is 1. The first-order valence-electron chi connectivity index (χ1n) is 7.05. The largest absolute Gasteiger partial charge is 0.340 e. The van der Waals surface area contributed by atoms with E-state index in [0.717, 1.165) is 18.9 Å². The molecule has 0 aliphatic heterocycles. The van der Waals surface area contributed by atoms with Crippen molar-refractivity contribution in [2.24, 2.45) is 5.92 Å². The fraction of sp³-hybridized carbons (Fsp3) is 0.375. The summed E-state index contributed by atoms with van der Waals surface area (Å²) in [6, 6.07) is 8.68. The summed E-state index contributed by atoms with van der Waals surface area (Å²) in [5, 5.41) is 5.60. The monoisotopic (exact) mass is 268 g/mol. The van der Waals surface area contributed by atoms with E-state index >= 15 is 0 Å². The lowest BCUT2D eigenvalue weighted by Gasteiger charge is -2.10. The van der Waals surface area contributed by atoms with Gasteiger partial charge in [-0.05, 0) is 35.9 Å². The average Bonchev–Trinajstić information content (AvgIpc) is 2.98. The number of benzene rings is 1. The van der Waals surface area contributed by atoms with Crippen molar-refractivity contribution in [3.05, 3.63) is 48.2 Å². The summed E-state index contributed by atoms with van der Waals surface area (Å²) in [5.41, 5.74) is 2.53. The van der Waals surface area contributed by atoms with Gasteiger partial charge in [0.25, 0.3) is 0 Å². The lowest BCUT2D eigenvalue weighted by atomic mass is 10.2. The van der Waals surface area contributed by atoms with E-state index in [4.69, 9.17) is 0 Å². The van der Waals surface area contributed by atoms with Crippen LogP contribution < -0.4 is 0 Å². The summed E-state index contributed by atoms with van der Waals surface area (Å²) in [6.45, 7) is 8.19. The molecular formula is C16H20N4. The van der Waals surface area contributed by atoms with E-state index in [1.165, 1.54) is 16.5 Å². The fourth-order valence-corrected chi connectivity index (χ4v) is 2.49. The molecule has 0 N–H and O–H groups in total. The summed E-state index contributed by atoms with van der Waals surface area (Å²) in [6.07, 6.45) is 3.77. The van der Waals surface area contributed by atoms with Crippen molar-refractivity contribution >= 4 is 10.9 Å². The first-order chi connectivity index (χ1) is 9.63. The molecule has 0 radical (unpaired) electrons. The standard InChI is InChI=1S/C16H20N4/c1-12(2)9-20-16(17-11-18-20)10-19-7-6-14-5-4-13(3)8-15(14)19/h4-8,11-12H,9-10H2,1-3H3. The summed E-state index contributed by atoms with van der Waals surface area (Å²) in [5.74, 6) is 1.58. The maximum absolute atomic E-state index is 4.40. The second-order valence-electron chi connectivity index (χ2n) is 5.76. The molecular weight excluding hydrogens is 248 g/mol. The van der Waals surface area contributed by atoms with Crippen LogP contribution in [-0.2, 0) is 13.1 Å². The molecule has 3 aromatic rings. The Labute approximate surface area is 119 Å². The predicted molar refractivity (Wildman–Crippen MR) is 80.6 cm³/mol. The lowest BCUT2D eigenvalue weighted by Crippen LogP contribution is -2.12. The molecule has 0 spiro atoms. The van der Waals surface area contributed by atoms with Gasteiger partial charge >= 0.3 is 0 Å². The van der Waals surface area contributed by atoms with Crippen molar-refractivity contribution in [2.45, 2.75) is 33.9 Å². The van der Waals surface area contributed by atoms with Gasteiger partial charge in [0.15, 0.2) is 0 Å². The van der Waals surface area contributed by atoms with Gasteiger partial charge in [-0.25, -0.2) is 9.67 Å². The molecule has 104 valence electrons. The van der Waals surface area contributed by atoms with Crippen LogP contribution in [0.2, 0.25) is 0 Å². The van der Waals surface area contributed by atoms with Crippen LogP contribution >= 0.6 is 0 Å². The summed E-state index contributed by atoms with van der Waals surface area (Å²) in [4.78, 5) is 4.40. The molecule has 1 aromatic carbocycles. The highest BCUT2D eigenvalue weighted by molar-refractivity contribution is 5.80. The first kappa shape index (κ1) is 12.9. The Bertz CT molecular complexity index is 721. The molecule has 0 aliphatic rings. The molecule has 0 fully saturated rings. The van der Waals surface area contributed by atoms with Crippen molar-refractivity contribution < 1.29 is 0 Å². The van der Waals surface area contributed by atoms with Crippen LogP contribution in [0.15, 0.2) is 36.8 Å². The first-order valence-corrected chi connectivity index (χ1v) is 7.05. The second-order valence-corrected chi connectivity index (χ2v) is 5.76. The van der Waals surface area contributed by atoms with Gasteiger partial charge in [-0.2, -0.15) is 5.10 Å². The number of rotatable bonds is 4. The van der Waals surface area contributed by atoms with Gasteiger partial charge in [0.2, 0.25) is 0 Å². The fourth-order valence-electron chi connectivity index (χ4n) is 2.49. The Kier molecular flexibility index (Phi) is 3.30. The second kappa shape index (κ2) is 5.12. The smallest absolute Gasteiger partial charge is 0.146 e. The van der Waals surface area contributed by atoms with Crippen molar-refractivity contribution in [1.29, 1.82) is 0 Å². The van der Waals surface area contributed by atoms with Crippen LogP contribution in [0.25, 0.3) is 10.9 Å². The highest BCUT2D eigenvalue weighted by Crippen LogP contribution is 2.18. The minimum atomic E-state index is 0.569. The third kappa shape index (κ3) is 2.46. The van der Waals surface area contributed by atoms with E-state index in [1.54, 1.807) is 6.33 Å². The van der Waals surface area contributed by atoms with Gasteiger partial charge in [-0.3, -0.25) is 0 Å². The SMILES string of the molecule is Cc1ccc2ccn(Cc3ncnn3CC(C)C)c2c1. The zero-order chi connectivity index (χ0) is 14.1. The number of aromatic nitrogens is 4. The van der Waals surface area contributed by atoms with Crippen LogP contribution in [0.1, 0.15) is 25.2 Å². The molecule has 0 bridgehead atoms. The highest BCUT2D eigenvalue weighted by atomic mass is 15.3. The van der Waals surface area contributed by atoms with E-state index in [1.807, 2.05) is 4.68 Å². The third-order valence-corrected chi connectivity index (χ3v) is 3.47. The molecule has 0 atom stereocenters. The van der Waals surface area contributed by atoms with E-state index in [9.17, 15) is 0 Å². The average molecular weight is 268 g/mol. The van der Waals surface area contributed by atoms with Crippen LogP contribution in [0, 0.1) is 12.8 Å². The molecule has 4 nitrogen and oxygen atoms in total. The minimum Gasteiger partial charge on any atom is -0.340 e. The molecule has 2 aromatic heterocycles. The van der Waals surface area contributed by atoms with Gasteiger partial charge in [-0.1, -0.05) is 26.0 Å². The molecule has 0 aliphatic carbocycles. The zero-order valence-electron chi connectivity index (χ0n) is 12.2. The quantitative estimate of drug-likeness (QED) is 0.728. The van der Waals surface area contributed by atoms with E-state index in [-0.39, 0.29) is 0 Å². The van der Waals surface area contributed by atoms with Crippen LogP contribution in [0.5, 0.6) is 0 Å². The number of hydrogen-bond donors (Lipinski definition) is 0. The summed E-state index contributed by atoms with van der Waals surface area (Å²) in [7, 11) is 0. The topological polar surface area (TPSA) is 35.6 Å². The minimum absolute atomic E-state index is 0.569. The van der Waals surface area contributed by atoms with E-state index < -0.39 is 0 Å². The Balaban J connectivity index is 1.93. The molecule has 20 heavy (non-hydrogen) atoms. The van der Waals surface area contributed by atoms with Crippen molar-refractivity contribution in [3.8, 4) is 0 Å². The Morgan fingerprint density at radius 1 is 1.20 bits per heavy atom. The van der Waals surface area contributed by atoms with Crippen LogP contribution in [-0.4, -0.2) is 19.3 Å². The highest BCUT2D eigenvalue weighted by Gasteiger charge is 2.08. The van der Waals surface area contributed by atoms with E-state index in [2.05, 4.69) is 65.9 Å². The van der Waals surface area contributed by atoms with Crippen molar-refractivity contribution in [2.75, 3.05) is 0 Å². The lowest BCUT2D eigenvalue weighted by molar-refractivity contribution is 0.462. The third-order valence-electron chi connectivity index (χ3n) is 3.47. The molecule has 0 unspecified atom stereocenters. The molecule has 0 saturated carbocycles. The predicted octanol–water partition coefficient (Wildman–Crippen LogP) is 3.25. The Morgan fingerprint density at radius 3 is 2.85 bits per heavy atom. The molecule has 3 rings (SSSR count). The number of nitrogens with zero attached hydrogens (tertiary/aromatic N) is 4. The Morgan fingerprint density at radius 2 is 2.05 bits per heavy atom. The summed E-state index contributed by atoms with van der Waals surface area (Å²) >= 11 is 0. The van der Waals surface area contributed by atoms with Crippen LogP contribution in [0.3, 0.4) is 0 Å². The van der Waals surface area contributed by atoms with Gasteiger partial charge in [-0.15, -0.1) is 0 Å². The number of hydrogen-bond acceptors (Lipinski definition) is 2. The van der Waals surface area contributed by atoms with Crippen molar-refractivity contribution in [3.63, 3.8) is 0 Å². The molecule has 0 saturated heterocycles. The molecule has 0 amide bonds. The van der Waals surface area contributed by atoms with Crippen molar-refractivity contribution in [1.82, 2.24) is 19.3 Å². The van der Waals surface area contributed by atoms with Gasteiger partial charge < -0.3 is 4.57 Å². The van der Waals surface area contributed by atoms with Gasteiger partial charge in [0, 0.05) is 18.3 Å². The number of fused-ring (bicyclic) bond motifs is 1. The maximum Gasteiger partial charge on any atom is 0.146 e. The van der Waals surface area contributed by atoms with Gasteiger partial charge in [0.05, 0.1) is 6.54 Å². The molecule has 2 heterocycles. The molecule has 4 heteroatoms. The maximum atomic E-state index is 4.40. The van der Waals surface area contributed by atoms with Crippen LogP contribution in [0.4, 0.5) is 0 Å². The van der Waals surface area contributed by atoms with E-state index in [0.29, 0.717) is 5.92 Å². The van der Waals surface area contributed by atoms with Gasteiger partial charge in [0.1, 0.15) is 12.2 Å².